The predicted octanol–water partition coefficient (Wildman–Crippen LogP) is 1.96. The molecule has 15 heavy (non-hydrogen) atoms. The maximum absolute atomic E-state index is 5.16. The van der Waals surface area contributed by atoms with E-state index in [0.717, 1.165) is 28.9 Å². The van der Waals surface area contributed by atoms with Crippen molar-refractivity contribution in [3.8, 4) is 5.75 Å². The fourth-order valence-corrected chi connectivity index (χ4v) is 1.55. The number of pyridine rings is 1. The number of nitrogens with one attached hydrogen (secondary N) is 1. The van der Waals surface area contributed by atoms with Gasteiger partial charge in [-0.2, -0.15) is 0 Å². The molecule has 0 unspecified atom stereocenters. The van der Waals surface area contributed by atoms with Crippen LogP contribution in [0.25, 0.3) is 10.9 Å². The van der Waals surface area contributed by atoms with Crippen LogP contribution in [-0.2, 0) is 6.54 Å². The van der Waals surface area contributed by atoms with Gasteiger partial charge in [0.05, 0.1) is 18.3 Å². The Labute approximate surface area is 89.1 Å². The molecule has 0 saturated heterocycles. The summed E-state index contributed by atoms with van der Waals surface area (Å²) in [6.45, 7) is 0.794. The maximum atomic E-state index is 5.16. The average Bonchev–Trinajstić information content (AvgIpc) is 2.29. The number of hydrogen-bond acceptors (Lipinski definition) is 3. The van der Waals surface area contributed by atoms with E-state index in [9.17, 15) is 0 Å². The van der Waals surface area contributed by atoms with Gasteiger partial charge in [-0.15, -0.1) is 0 Å². The van der Waals surface area contributed by atoms with Gasteiger partial charge in [-0.1, -0.05) is 6.07 Å². The lowest BCUT2D eigenvalue weighted by Crippen LogP contribution is -2.06. The number of aromatic nitrogens is 1. The smallest absolute Gasteiger partial charge is 0.119 e. The predicted molar refractivity (Wildman–Crippen MR) is 61.1 cm³/mol. The molecule has 0 radical (unpaired) electrons. The molecule has 0 aliphatic rings. The average molecular weight is 202 g/mol. The van der Waals surface area contributed by atoms with Gasteiger partial charge in [0.25, 0.3) is 0 Å². The number of hydrogen-bond donors (Lipinski definition) is 1. The fourth-order valence-electron chi connectivity index (χ4n) is 1.55. The molecule has 0 aliphatic heterocycles. The van der Waals surface area contributed by atoms with Gasteiger partial charge in [0.1, 0.15) is 5.75 Å². The summed E-state index contributed by atoms with van der Waals surface area (Å²) < 4.78 is 5.16. The van der Waals surface area contributed by atoms with Crippen LogP contribution in [0, 0.1) is 0 Å². The van der Waals surface area contributed by atoms with Crippen molar-refractivity contribution in [3.63, 3.8) is 0 Å². The Morgan fingerprint density at radius 2 is 2.13 bits per heavy atom. The van der Waals surface area contributed by atoms with E-state index in [0.29, 0.717) is 0 Å². The third-order valence-corrected chi connectivity index (χ3v) is 2.31. The highest BCUT2D eigenvalue weighted by atomic mass is 16.5. The zero-order valence-corrected chi connectivity index (χ0v) is 8.95. The third kappa shape index (κ3) is 2.07. The van der Waals surface area contributed by atoms with Gasteiger partial charge in [-0.3, -0.25) is 4.98 Å². The lowest BCUT2D eigenvalue weighted by Gasteiger charge is -2.04. The number of benzene rings is 1. The highest BCUT2D eigenvalue weighted by Crippen LogP contribution is 2.19. The first-order valence-electron chi connectivity index (χ1n) is 4.92. The zero-order valence-electron chi connectivity index (χ0n) is 8.95. The summed E-state index contributed by atoms with van der Waals surface area (Å²) in [7, 11) is 3.59. The summed E-state index contributed by atoms with van der Waals surface area (Å²) in [6, 6.07) is 9.99. The molecule has 0 atom stereocenters. The van der Waals surface area contributed by atoms with Crippen LogP contribution in [0.2, 0.25) is 0 Å². The summed E-state index contributed by atoms with van der Waals surface area (Å²) in [5, 5.41) is 4.19. The van der Waals surface area contributed by atoms with Crippen molar-refractivity contribution in [2.24, 2.45) is 0 Å². The van der Waals surface area contributed by atoms with Gasteiger partial charge in [-0.25, -0.2) is 0 Å². The van der Waals surface area contributed by atoms with Gasteiger partial charge < -0.3 is 10.1 Å². The minimum atomic E-state index is 0.794. The molecule has 1 N–H and O–H groups in total. The minimum Gasteiger partial charge on any atom is -0.497 e. The molecule has 1 aromatic heterocycles. The summed E-state index contributed by atoms with van der Waals surface area (Å²) in [6.07, 6.45) is 0. The van der Waals surface area contributed by atoms with E-state index in [1.807, 2.05) is 31.3 Å². The fraction of sp³-hybridized carbons (Fsp3) is 0.250. The summed E-state index contributed by atoms with van der Waals surface area (Å²) in [5.41, 5.74) is 2.05. The second kappa shape index (κ2) is 4.28. The SMILES string of the molecule is CNCc1ccc2cc(OC)ccc2n1. The Hall–Kier alpha value is -1.61. The first-order valence-corrected chi connectivity index (χ1v) is 4.92. The first kappa shape index (κ1) is 9.93. The van der Waals surface area contributed by atoms with E-state index in [2.05, 4.69) is 16.4 Å². The lowest BCUT2D eigenvalue weighted by molar-refractivity contribution is 0.415. The van der Waals surface area contributed by atoms with Crippen LogP contribution in [-0.4, -0.2) is 19.1 Å². The van der Waals surface area contributed by atoms with Crippen molar-refractivity contribution in [1.29, 1.82) is 0 Å². The van der Waals surface area contributed by atoms with Gasteiger partial charge in [0.2, 0.25) is 0 Å². The zero-order chi connectivity index (χ0) is 10.7. The second-order valence-electron chi connectivity index (χ2n) is 3.39. The van der Waals surface area contributed by atoms with E-state index in [1.165, 1.54) is 0 Å². The molecule has 0 spiro atoms. The van der Waals surface area contributed by atoms with Gasteiger partial charge in [0.15, 0.2) is 0 Å². The monoisotopic (exact) mass is 202 g/mol. The highest BCUT2D eigenvalue weighted by Gasteiger charge is 1.99. The molecule has 0 aliphatic carbocycles. The molecule has 2 rings (SSSR count). The van der Waals surface area contributed by atoms with Gasteiger partial charge in [-0.05, 0) is 31.3 Å². The van der Waals surface area contributed by atoms with Crippen molar-refractivity contribution in [2.45, 2.75) is 6.54 Å². The van der Waals surface area contributed by atoms with Crippen molar-refractivity contribution in [3.05, 3.63) is 36.0 Å². The molecule has 1 aromatic carbocycles. The number of rotatable bonds is 3. The second-order valence-corrected chi connectivity index (χ2v) is 3.39. The number of fused-ring (bicyclic) bond motifs is 1. The van der Waals surface area contributed by atoms with Crippen molar-refractivity contribution in [1.82, 2.24) is 10.3 Å². The van der Waals surface area contributed by atoms with E-state index in [1.54, 1.807) is 7.11 Å². The molecule has 0 fully saturated rings. The summed E-state index contributed by atoms with van der Waals surface area (Å²) in [5.74, 6) is 0.866. The molecule has 78 valence electrons. The van der Waals surface area contributed by atoms with E-state index >= 15 is 0 Å². The molecule has 2 aromatic rings. The van der Waals surface area contributed by atoms with Crippen LogP contribution in [0.4, 0.5) is 0 Å². The Morgan fingerprint density at radius 1 is 1.27 bits per heavy atom. The standard InChI is InChI=1S/C12H14N2O/c1-13-8-10-4-3-9-7-11(15-2)5-6-12(9)14-10/h3-7,13H,8H2,1-2H3. The summed E-state index contributed by atoms with van der Waals surface area (Å²) in [4.78, 5) is 4.52. The van der Waals surface area contributed by atoms with E-state index in [4.69, 9.17) is 4.74 Å². The Morgan fingerprint density at radius 3 is 2.87 bits per heavy atom. The third-order valence-electron chi connectivity index (χ3n) is 2.31. The van der Waals surface area contributed by atoms with Crippen molar-refractivity contribution < 1.29 is 4.74 Å². The maximum Gasteiger partial charge on any atom is 0.119 e. The molecule has 3 heteroatoms. The molecule has 0 bridgehead atoms. The quantitative estimate of drug-likeness (QED) is 0.826. The van der Waals surface area contributed by atoms with Crippen molar-refractivity contribution in [2.75, 3.05) is 14.2 Å². The van der Waals surface area contributed by atoms with Crippen LogP contribution in [0.5, 0.6) is 5.75 Å². The number of methoxy groups -OCH3 is 1. The van der Waals surface area contributed by atoms with Gasteiger partial charge in [0, 0.05) is 11.9 Å². The molecule has 1 heterocycles. The Kier molecular flexibility index (Phi) is 2.83. The highest BCUT2D eigenvalue weighted by molar-refractivity contribution is 5.80. The summed E-state index contributed by atoms with van der Waals surface area (Å²) >= 11 is 0. The number of nitrogens with zero attached hydrogens (tertiary/aromatic N) is 1. The lowest BCUT2D eigenvalue weighted by atomic mass is 10.2. The van der Waals surface area contributed by atoms with Crippen LogP contribution < -0.4 is 10.1 Å². The van der Waals surface area contributed by atoms with Crippen LogP contribution in [0.3, 0.4) is 0 Å². The Balaban J connectivity index is 2.45. The molecule has 3 nitrogen and oxygen atoms in total. The van der Waals surface area contributed by atoms with Crippen LogP contribution >= 0.6 is 0 Å². The normalized spacial score (nSPS) is 10.5. The first-order chi connectivity index (χ1) is 7.33. The number of ether oxygens (including phenoxy) is 1. The topological polar surface area (TPSA) is 34.1 Å². The van der Waals surface area contributed by atoms with E-state index < -0.39 is 0 Å². The molecule has 0 amide bonds. The van der Waals surface area contributed by atoms with Crippen LogP contribution in [0.15, 0.2) is 30.3 Å². The molecular formula is C12H14N2O. The largest absolute Gasteiger partial charge is 0.497 e. The van der Waals surface area contributed by atoms with Crippen LogP contribution in [0.1, 0.15) is 5.69 Å². The van der Waals surface area contributed by atoms with Crippen molar-refractivity contribution >= 4 is 10.9 Å². The van der Waals surface area contributed by atoms with Gasteiger partial charge >= 0.3 is 0 Å². The molecular weight excluding hydrogens is 188 g/mol. The Bertz CT molecular complexity index is 468. The van der Waals surface area contributed by atoms with E-state index in [-0.39, 0.29) is 0 Å². The molecule has 0 saturated carbocycles. The minimum absolute atomic E-state index is 0.794.